The average Bonchev–Trinajstić information content (AvgIpc) is 2.35. The molecule has 0 saturated carbocycles. The maximum absolute atomic E-state index is 5.82. The van der Waals surface area contributed by atoms with Crippen molar-refractivity contribution in [3.05, 3.63) is 58.7 Å². The van der Waals surface area contributed by atoms with E-state index < -0.39 is 0 Å². The van der Waals surface area contributed by atoms with Gasteiger partial charge in [-0.1, -0.05) is 24.3 Å². The van der Waals surface area contributed by atoms with Crippen LogP contribution in [0.3, 0.4) is 0 Å². The molecule has 2 nitrogen and oxygen atoms in total. The van der Waals surface area contributed by atoms with Crippen LogP contribution in [0.2, 0.25) is 0 Å². The predicted molar refractivity (Wildman–Crippen MR) is 78.6 cm³/mol. The van der Waals surface area contributed by atoms with Crippen molar-refractivity contribution >= 4 is 11.4 Å². The molecule has 0 aliphatic rings. The summed E-state index contributed by atoms with van der Waals surface area (Å²) in [4.78, 5) is 0. The lowest BCUT2D eigenvalue weighted by Gasteiger charge is -2.07. The lowest BCUT2D eigenvalue weighted by molar-refractivity contribution is 0.957. The van der Waals surface area contributed by atoms with Crippen molar-refractivity contribution < 1.29 is 0 Å². The molecule has 94 valence electrons. The van der Waals surface area contributed by atoms with Crippen molar-refractivity contribution in [3.8, 4) is 0 Å². The van der Waals surface area contributed by atoms with E-state index in [1.165, 1.54) is 11.1 Å². The van der Waals surface area contributed by atoms with Crippen molar-refractivity contribution in [3.63, 3.8) is 0 Å². The Morgan fingerprint density at radius 2 is 1.11 bits per heavy atom. The van der Waals surface area contributed by atoms with Gasteiger partial charge in [-0.3, -0.25) is 0 Å². The summed E-state index contributed by atoms with van der Waals surface area (Å²) in [6.07, 6.45) is 2.06. The highest BCUT2D eigenvalue weighted by Crippen LogP contribution is 2.17. The molecule has 0 radical (unpaired) electrons. The summed E-state index contributed by atoms with van der Waals surface area (Å²) >= 11 is 0. The molecule has 0 aliphatic heterocycles. The smallest absolute Gasteiger partial charge is 0.0343 e. The maximum atomic E-state index is 5.82. The monoisotopic (exact) mass is 240 g/mol. The molecule has 2 heteroatoms. The quantitative estimate of drug-likeness (QED) is 0.809. The first kappa shape index (κ1) is 12.5. The minimum Gasteiger partial charge on any atom is -0.399 e. The van der Waals surface area contributed by atoms with Gasteiger partial charge in [-0.2, -0.15) is 0 Å². The van der Waals surface area contributed by atoms with Crippen LogP contribution in [0.5, 0.6) is 0 Å². The van der Waals surface area contributed by atoms with Gasteiger partial charge in [0.1, 0.15) is 0 Å². The van der Waals surface area contributed by atoms with Gasteiger partial charge < -0.3 is 11.5 Å². The van der Waals surface area contributed by atoms with Crippen molar-refractivity contribution in [2.45, 2.75) is 26.7 Å². The third-order valence-corrected chi connectivity index (χ3v) is 3.37. The van der Waals surface area contributed by atoms with E-state index in [0.29, 0.717) is 0 Å². The first-order valence-electron chi connectivity index (χ1n) is 6.26. The minimum absolute atomic E-state index is 0.863. The molecule has 0 saturated heterocycles. The number of hydrogen-bond acceptors (Lipinski definition) is 2. The summed E-state index contributed by atoms with van der Waals surface area (Å²) in [5, 5.41) is 0. The van der Waals surface area contributed by atoms with Gasteiger partial charge in [0.25, 0.3) is 0 Å². The van der Waals surface area contributed by atoms with E-state index in [1.807, 2.05) is 26.0 Å². The van der Waals surface area contributed by atoms with E-state index in [1.54, 1.807) is 0 Å². The van der Waals surface area contributed by atoms with Crippen LogP contribution in [0.4, 0.5) is 11.4 Å². The fraction of sp³-hybridized carbons (Fsp3) is 0.250. The molecule has 2 aromatic rings. The molecule has 0 bridgehead atoms. The second kappa shape index (κ2) is 5.13. The predicted octanol–water partition coefficient (Wildman–Crippen LogP) is 3.25. The Balaban J connectivity index is 2.06. The van der Waals surface area contributed by atoms with E-state index >= 15 is 0 Å². The molecular formula is C16H20N2. The topological polar surface area (TPSA) is 52.0 Å². The maximum Gasteiger partial charge on any atom is 0.0343 e. The molecule has 0 atom stereocenters. The van der Waals surface area contributed by atoms with Crippen molar-refractivity contribution in [2.24, 2.45) is 0 Å². The third-order valence-electron chi connectivity index (χ3n) is 3.37. The standard InChI is InChI=1S/C16H20N2/c1-11-9-13(5-7-15(11)17)3-4-14-6-8-16(18)12(2)10-14/h5-10H,3-4,17-18H2,1-2H3. The lowest BCUT2D eigenvalue weighted by atomic mass is 10.0. The van der Waals surface area contributed by atoms with Crippen LogP contribution in [0.25, 0.3) is 0 Å². The first-order chi connectivity index (χ1) is 8.56. The van der Waals surface area contributed by atoms with Crippen molar-refractivity contribution in [2.75, 3.05) is 11.5 Å². The van der Waals surface area contributed by atoms with Gasteiger partial charge in [0, 0.05) is 11.4 Å². The third kappa shape index (κ3) is 2.83. The van der Waals surface area contributed by atoms with E-state index in [0.717, 1.165) is 35.3 Å². The number of nitrogens with two attached hydrogens (primary N) is 2. The normalized spacial score (nSPS) is 10.6. The average molecular weight is 240 g/mol. The van der Waals surface area contributed by atoms with E-state index in [-0.39, 0.29) is 0 Å². The second-order valence-corrected chi connectivity index (χ2v) is 4.88. The molecule has 0 unspecified atom stereocenters. The summed E-state index contributed by atoms with van der Waals surface area (Å²) in [5.41, 5.74) is 18.3. The van der Waals surface area contributed by atoms with Crippen molar-refractivity contribution in [1.82, 2.24) is 0 Å². The summed E-state index contributed by atoms with van der Waals surface area (Å²) < 4.78 is 0. The number of rotatable bonds is 3. The van der Waals surface area contributed by atoms with Gasteiger partial charge >= 0.3 is 0 Å². The van der Waals surface area contributed by atoms with E-state index in [9.17, 15) is 0 Å². The molecule has 0 spiro atoms. The summed E-state index contributed by atoms with van der Waals surface area (Å²) in [5.74, 6) is 0. The van der Waals surface area contributed by atoms with E-state index in [2.05, 4.69) is 24.3 Å². The van der Waals surface area contributed by atoms with Gasteiger partial charge in [-0.15, -0.1) is 0 Å². The molecule has 18 heavy (non-hydrogen) atoms. The molecule has 0 heterocycles. The molecule has 2 rings (SSSR count). The van der Waals surface area contributed by atoms with Gasteiger partial charge in [-0.25, -0.2) is 0 Å². The van der Waals surface area contributed by atoms with E-state index in [4.69, 9.17) is 11.5 Å². The fourth-order valence-electron chi connectivity index (χ4n) is 2.08. The molecular weight excluding hydrogens is 220 g/mol. The molecule has 0 aliphatic carbocycles. The molecule has 0 fully saturated rings. The Labute approximate surface area is 109 Å². The van der Waals surface area contributed by atoms with Crippen LogP contribution in [0, 0.1) is 13.8 Å². The Kier molecular flexibility index (Phi) is 3.56. The first-order valence-corrected chi connectivity index (χ1v) is 6.26. The summed E-state index contributed by atoms with van der Waals surface area (Å²) in [6, 6.07) is 12.5. The number of benzene rings is 2. The minimum atomic E-state index is 0.863. The fourth-order valence-corrected chi connectivity index (χ4v) is 2.08. The van der Waals surface area contributed by atoms with Crippen molar-refractivity contribution in [1.29, 1.82) is 0 Å². The van der Waals surface area contributed by atoms with Gasteiger partial charge in [-0.05, 0) is 61.1 Å². The highest BCUT2D eigenvalue weighted by atomic mass is 14.6. The molecule has 0 aromatic heterocycles. The van der Waals surface area contributed by atoms with Crippen LogP contribution >= 0.6 is 0 Å². The number of hydrogen-bond donors (Lipinski definition) is 2. The van der Waals surface area contributed by atoms with Crippen LogP contribution < -0.4 is 11.5 Å². The summed E-state index contributed by atoms with van der Waals surface area (Å²) in [6.45, 7) is 4.10. The SMILES string of the molecule is Cc1cc(CCc2ccc(N)c(C)c2)ccc1N. The van der Waals surface area contributed by atoms with Crippen LogP contribution in [-0.4, -0.2) is 0 Å². The zero-order chi connectivity index (χ0) is 13.1. The Morgan fingerprint density at radius 3 is 1.44 bits per heavy atom. The highest BCUT2D eigenvalue weighted by molar-refractivity contribution is 5.49. The van der Waals surface area contributed by atoms with Crippen LogP contribution in [0.15, 0.2) is 36.4 Å². The van der Waals surface area contributed by atoms with Crippen LogP contribution in [0.1, 0.15) is 22.3 Å². The second-order valence-electron chi connectivity index (χ2n) is 4.88. The van der Waals surface area contributed by atoms with Crippen LogP contribution in [-0.2, 0) is 12.8 Å². The van der Waals surface area contributed by atoms with Gasteiger partial charge in [0.15, 0.2) is 0 Å². The molecule has 2 aromatic carbocycles. The lowest BCUT2D eigenvalue weighted by Crippen LogP contribution is -1.96. The zero-order valence-corrected chi connectivity index (χ0v) is 11.0. The molecule has 4 N–H and O–H groups in total. The Hall–Kier alpha value is -1.96. The summed E-state index contributed by atoms with van der Waals surface area (Å²) in [7, 11) is 0. The Bertz CT molecular complexity index is 508. The number of aryl methyl sites for hydroxylation is 4. The molecule has 0 amide bonds. The van der Waals surface area contributed by atoms with Gasteiger partial charge in [0.05, 0.1) is 0 Å². The zero-order valence-electron chi connectivity index (χ0n) is 11.0. The number of nitrogen functional groups attached to an aromatic ring is 2. The largest absolute Gasteiger partial charge is 0.399 e. The highest BCUT2D eigenvalue weighted by Gasteiger charge is 2.00. The van der Waals surface area contributed by atoms with Gasteiger partial charge in [0.2, 0.25) is 0 Å². The number of anilines is 2. The Morgan fingerprint density at radius 1 is 0.722 bits per heavy atom.